The summed E-state index contributed by atoms with van der Waals surface area (Å²) in [4.78, 5) is 23.4. The molecule has 0 aromatic carbocycles. The summed E-state index contributed by atoms with van der Waals surface area (Å²) in [6, 6.07) is 10.3. The molecule has 0 saturated carbocycles. The lowest BCUT2D eigenvalue weighted by Crippen LogP contribution is -2.48. The van der Waals surface area contributed by atoms with E-state index in [-0.39, 0.29) is 5.91 Å². The van der Waals surface area contributed by atoms with E-state index in [0.29, 0.717) is 24.8 Å². The molecule has 1 fully saturated rings. The van der Waals surface area contributed by atoms with Gasteiger partial charge in [0.2, 0.25) is 5.91 Å². The predicted molar refractivity (Wildman–Crippen MR) is 121 cm³/mol. The van der Waals surface area contributed by atoms with Gasteiger partial charge in [0.25, 0.3) is 0 Å². The van der Waals surface area contributed by atoms with Gasteiger partial charge in [-0.15, -0.1) is 11.3 Å². The minimum atomic E-state index is -0.0769. The molecule has 3 rings (SSSR count). The smallest absolute Gasteiger partial charge is 0.227 e. The van der Waals surface area contributed by atoms with Crippen LogP contribution in [0.4, 0.5) is 10.8 Å². The van der Waals surface area contributed by atoms with E-state index in [1.807, 2.05) is 26.0 Å². The summed E-state index contributed by atoms with van der Waals surface area (Å²) >= 11 is 1.79. The number of carbonyl (C=O) groups is 1. The Morgan fingerprint density at radius 1 is 1.28 bits per heavy atom. The number of nitrogens with zero attached hydrogens (tertiary/aromatic N) is 3. The third-order valence-electron chi connectivity index (χ3n) is 4.76. The van der Waals surface area contributed by atoms with Crippen LogP contribution in [0.3, 0.4) is 0 Å². The van der Waals surface area contributed by atoms with Crippen LogP contribution in [0.5, 0.6) is 0 Å². The Bertz CT molecular complexity index is 799. The molecule has 1 aliphatic rings. The molecular formula is C21H30N6OS. The summed E-state index contributed by atoms with van der Waals surface area (Å²) in [5.41, 5.74) is 0.879. The summed E-state index contributed by atoms with van der Waals surface area (Å²) in [6.07, 6.45) is 2.46. The van der Waals surface area contributed by atoms with Crippen molar-refractivity contribution in [3.05, 3.63) is 41.4 Å². The van der Waals surface area contributed by atoms with Gasteiger partial charge in [0.1, 0.15) is 5.82 Å². The molecule has 0 atom stereocenters. The first kappa shape index (κ1) is 21.1. The Hall–Kier alpha value is -2.61. The van der Waals surface area contributed by atoms with Crippen LogP contribution in [-0.2, 0) is 4.79 Å². The van der Waals surface area contributed by atoms with Crippen molar-refractivity contribution in [2.24, 2.45) is 4.99 Å². The molecule has 7 nitrogen and oxygen atoms in total. The van der Waals surface area contributed by atoms with Crippen LogP contribution in [0.15, 0.2) is 40.7 Å². The molecule has 1 aliphatic heterocycles. The summed E-state index contributed by atoms with van der Waals surface area (Å²) in [5, 5.41) is 13.1. The van der Waals surface area contributed by atoms with Gasteiger partial charge in [0.05, 0.1) is 11.5 Å². The number of piperidine rings is 1. The monoisotopic (exact) mass is 414 g/mol. The number of aliphatic imine (C=N–C) groups is 1. The number of guanidine groups is 1. The van der Waals surface area contributed by atoms with E-state index in [1.165, 1.54) is 5.00 Å². The maximum absolute atomic E-state index is 12.1. The zero-order valence-corrected chi connectivity index (χ0v) is 18.0. The van der Waals surface area contributed by atoms with Crippen LogP contribution >= 0.6 is 11.3 Å². The van der Waals surface area contributed by atoms with Crippen molar-refractivity contribution in [2.75, 3.05) is 36.4 Å². The first-order chi connectivity index (χ1) is 14.1. The molecule has 29 heavy (non-hydrogen) atoms. The van der Waals surface area contributed by atoms with Gasteiger partial charge in [-0.1, -0.05) is 6.07 Å². The quantitative estimate of drug-likeness (QED) is 0.479. The van der Waals surface area contributed by atoms with Gasteiger partial charge in [0, 0.05) is 37.8 Å². The van der Waals surface area contributed by atoms with Crippen molar-refractivity contribution >= 4 is 34.0 Å². The van der Waals surface area contributed by atoms with Gasteiger partial charge < -0.3 is 20.9 Å². The molecule has 0 aliphatic carbocycles. The van der Waals surface area contributed by atoms with Crippen LogP contribution in [0.2, 0.25) is 0 Å². The molecule has 0 radical (unpaired) electrons. The molecule has 3 heterocycles. The standard InChI is InChI=1S/C21H30N6OS/c1-3-22-21(23-12-9-19(28)26-18-7-4-6-16(2)24-18)25-17-10-13-27(14-11-17)20-8-5-15-29-20/h4-8,15,17H,3,9-14H2,1-2H3,(H2,22,23,25)(H,24,26,28). The third kappa shape index (κ3) is 6.74. The first-order valence-electron chi connectivity index (χ1n) is 10.2. The van der Waals surface area contributed by atoms with E-state index >= 15 is 0 Å². The van der Waals surface area contributed by atoms with E-state index in [9.17, 15) is 4.79 Å². The van der Waals surface area contributed by atoms with E-state index in [1.54, 1.807) is 17.4 Å². The molecule has 156 valence electrons. The zero-order valence-electron chi connectivity index (χ0n) is 17.1. The number of nitrogens with one attached hydrogen (secondary N) is 3. The van der Waals surface area contributed by atoms with Gasteiger partial charge in [-0.25, -0.2) is 4.98 Å². The number of anilines is 2. The second-order valence-corrected chi connectivity index (χ2v) is 8.01. The van der Waals surface area contributed by atoms with E-state index in [2.05, 4.69) is 48.3 Å². The second kappa shape index (κ2) is 10.8. The fraction of sp³-hybridized carbons (Fsp3) is 0.476. The van der Waals surface area contributed by atoms with Gasteiger partial charge in [-0.3, -0.25) is 9.79 Å². The largest absolute Gasteiger partial charge is 0.363 e. The highest BCUT2D eigenvalue weighted by Crippen LogP contribution is 2.24. The molecule has 8 heteroatoms. The van der Waals surface area contributed by atoms with Crippen molar-refractivity contribution < 1.29 is 4.79 Å². The number of rotatable bonds is 7. The summed E-state index contributed by atoms with van der Waals surface area (Å²) in [7, 11) is 0. The number of thiophene rings is 1. The van der Waals surface area contributed by atoms with Crippen LogP contribution in [0, 0.1) is 6.92 Å². The predicted octanol–water partition coefficient (Wildman–Crippen LogP) is 3.00. The third-order valence-corrected chi connectivity index (χ3v) is 5.69. The number of carbonyl (C=O) groups excluding carboxylic acids is 1. The van der Waals surface area contributed by atoms with Crippen LogP contribution in [0.25, 0.3) is 0 Å². The zero-order chi connectivity index (χ0) is 20.5. The van der Waals surface area contributed by atoms with Gasteiger partial charge >= 0.3 is 0 Å². The maximum atomic E-state index is 12.1. The summed E-state index contributed by atoms with van der Waals surface area (Å²) in [5.74, 6) is 1.29. The Balaban J connectivity index is 1.44. The van der Waals surface area contributed by atoms with Crippen molar-refractivity contribution in [2.45, 2.75) is 39.2 Å². The van der Waals surface area contributed by atoms with Crippen molar-refractivity contribution in [1.82, 2.24) is 15.6 Å². The second-order valence-electron chi connectivity index (χ2n) is 7.08. The minimum Gasteiger partial charge on any atom is -0.363 e. The maximum Gasteiger partial charge on any atom is 0.227 e. The molecule has 0 unspecified atom stereocenters. The summed E-state index contributed by atoms with van der Waals surface area (Å²) in [6.45, 7) is 7.26. The lowest BCUT2D eigenvalue weighted by atomic mass is 10.1. The fourth-order valence-electron chi connectivity index (χ4n) is 3.29. The lowest BCUT2D eigenvalue weighted by Gasteiger charge is -2.33. The van der Waals surface area contributed by atoms with Crippen LogP contribution in [0.1, 0.15) is 31.9 Å². The number of amides is 1. The Morgan fingerprint density at radius 3 is 2.79 bits per heavy atom. The summed E-state index contributed by atoms with van der Waals surface area (Å²) < 4.78 is 0. The number of hydrogen-bond acceptors (Lipinski definition) is 5. The SMILES string of the molecule is CCNC(=NCCC(=O)Nc1cccc(C)n1)NC1CCN(c2cccs2)CC1. The van der Waals surface area contributed by atoms with Crippen molar-refractivity contribution in [1.29, 1.82) is 0 Å². The van der Waals surface area contributed by atoms with E-state index < -0.39 is 0 Å². The number of aromatic nitrogens is 1. The highest BCUT2D eigenvalue weighted by molar-refractivity contribution is 7.14. The van der Waals surface area contributed by atoms with Crippen molar-refractivity contribution in [3.63, 3.8) is 0 Å². The van der Waals surface area contributed by atoms with Gasteiger partial charge in [-0.2, -0.15) is 0 Å². The average Bonchev–Trinajstić information content (AvgIpc) is 3.23. The molecular weight excluding hydrogens is 384 g/mol. The lowest BCUT2D eigenvalue weighted by molar-refractivity contribution is -0.116. The molecule has 3 N–H and O–H groups in total. The number of aryl methyl sites for hydroxylation is 1. The Labute approximate surface area is 176 Å². The molecule has 1 amide bonds. The average molecular weight is 415 g/mol. The minimum absolute atomic E-state index is 0.0769. The Morgan fingerprint density at radius 2 is 2.10 bits per heavy atom. The van der Waals surface area contributed by atoms with E-state index in [0.717, 1.165) is 44.1 Å². The fourth-order valence-corrected chi connectivity index (χ4v) is 4.08. The molecule has 2 aromatic heterocycles. The molecule has 0 bridgehead atoms. The van der Waals surface area contributed by atoms with E-state index in [4.69, 9.17) is 0 Å². The Kier molecular flexibility index (Phi) is 7.86. The molecule has 2 aromatic rings. The first-order valence-corrected chi connectivity index (χ1v) is 11.1. The van der Waals surface area contributed by atoms with Crippen LogP contribution in [-0.4, -0.2) is 49.1 Å². The highest BCUT2D eigenvalue weighted by Gasteiger charge is 2.20. The topological polar surface area (TPSA) is 81.6 Å². The molecule has 1 saturated heterocycles. The van der Waals surface area contributed by atoms with Gasteiger partial charge in [-0.05, 0) is 56.3 Å². The number of hydrogen-bond donors (Lipinski definition) is 3. The van der Waals surface area contributed by atoms with Crippen LogP contribution < -0.4 is 20.9 Å². The normalized spacial score (nSPS) is 15.2. The van der Waals surface area contributed by atoms with Gasteiger partial charge in [0.15, 0.2) is 5.96 Å². The molecule has 0 spiro atoms. The van der Waals surface area contributed by atoms with Crippen molar-refractivity contribution in [3.8, 4) is 0 Å². The highest BCUT2D eigenvalue weighted by atomic mass is 32.1. The number of pyridine rings is 1.